The third-order valence-electron chi connectivity index (χ3n) is 9.26. The van der Waals surface area contributed by atoms with Crippen LogP contribution in [0.1, 0.15) is 44.9 Å². The number of carbonyl (C=O) groups excluding carboxylic acids is 5. The van der Waals surface area contributed by atoms with Crippen LogP contribution in [0.3, 0.4) is 0 Å². The molecule has 0 radical (unpaired) electrons. The average Bonchev–Trinajstić information content (AvgIpc) is 3.37. The van der Waals surface area contributed by atoms with E-state index in [9.17, 15) is 24.0 Å². The van der Waals surface area contributed by atoms with Gasteiger partial charge in [0.1, 0.15) is 11.8 Å². The van der Waals surface area contributed by atoms with Crippen LogP contribution in [0.2, 0.25) is 0 Å². The van der Waals surface area contributed by atoms with E-state index in [0.717, 1.165) is 43.2 Å². The topological polar surface area (TPSA) is 134 Å². The Hall–Kier alpha value is -4.21. The van der Waals surface area contributed by atoms with Gasteiger partial charge in [0.2, 0.25) is 17.6 Å². The highest BCUT2D eigenvalue weighted by Crippen LogP contribution is 2.42. The van der Waals surface area contributed by atoms with Gasteiger partial charge in [0.15, 0.2) is 6.61 Å². The fraction of sp³-hybridized carbons (Fsp3) is 0.485. The van der Waals surface area contributed by atoms with Crippen molar-refractivity contribution in [2.75, 3.05) is 19.7 Å². The van der Waals surface area contributed by atoms with Crippen molar-refractivity contribution < 1.29 is 28.7 Å². The molecule has 6 rings (SSSR count). The molecule has 2 aliphatic carbocycles. The molecule has 0 bridgehead atoms. The molecule has 5 atom stereocenters. The first-order valence-corrected chi connectivity index (χ1v) is 15.4. The summed E-state index contributed by atoms with van der Waals surface area (Å²) in [6.45, 7) is 0.724. The number of amides is 4. The zero-order valence-corrected chi connectivity index (χ0v) is 24.1. The Balaban J connectivity index is 1.13. The van der Waals surface area contributed by atoms with Crippen molar-refractivity contribution in [1.82, 2.24) is 20.9 Å². The number of fused-ring (bicyclic) bond motifs is 1. The number of rotatable bonds is 11. The van der Waals surface area contributed by atoms with E-state index >= 15 is 0 Å². The largest absolute Gasteiger partial charge is 0.484 e. The number of likely N-dealkylation sites (tertiary alicyclic amines) is 1. The van der Waals surface area contributed by atoms with Crippen molar-refractivity contribution in [3.8, 4) is 16.9 Å². The SMILES string of the molecule is O=C(NC1CC1)C(=O)[C@H](C[C@@H]1CCNC1=O)NC(=O)[C@@H]1[C@H]2CCC[C@H]2CN1C(=O)COc1ccc(-c2ccccc2)cc1. The first kappa shape index (κ1) is 28.9. The highest BCUT2D eigenvalue weighted by molar-refractivity contribution is 6.38. The number of ketones is 1. The lowest BCUT2D eigenvalue weighted by molar-refractivity contribution is -0.143. The summed E-state index contributed by atoms with van der Waals surface area (Å²) in [7, 11) is 0. The van der Waals surface area contributed by atoms with Gasteiger partial charge in [-0.2, -0.15) is 0 Å². The maximum Gasteiger partial charge on any atom is 0.289 e. The van der Waals surface area contributed by atoms with E-state index in [4.69, 9.17) is 4.74 Å². The van der Waals surface area contributed by atoms with Crippen LogP contribution in [-0.2, 0) is 24.0 Å². The maximum absolute atomic E-state index is 13.8. The molecule has 4 fully saturated rings. The fourth-order valence-electron chi connectivity index (χ4n) is 6.79. The second kappa shape index (κ2) is 12.6. The lowest BCUT2D eigenvalue weighted by Crippen LogP contribution is -2.55. The molecular formula is C33H38N4O6. The van der Waals surface area contributed by atoms with Gasteiger partial charge in [0.05, 0.1) is 6.04 Å². The number of nitrogens with zero attached hydrogens (tertiary/aromatic N) is 1. The summed E-state index contributed by atoms with van der Waals surface area (Å²) in [5.74, 6) is -2.18. The van der Waals surface area contributed by atoms with Crippen LogP contribution in [0.25, 0.3) is 11.1 Å². The van der Waals surface area contributed by atoms with E-state index in [2.05, 4.69) is 16.0 Å². The Labute approximate surface area is 250 Å². The van der Waals surface area contributed by atoms with Gasteiger partial charge in [-0.05, 0) is 73.6 Å². The first-order chi connectivity index (χ1) is 20.9. The molecule has 10 nitrogen and oxygen atoms in total. The van der Waals surface area contributed by atoms with Gasteiger partial charge in [-0.15, -0.1) is 0 Å². The number of ether oxygens (including phenoxy) is 1. The Morgan fingerprint density at radius 1 is 0.930 bits per heavy atom. The van der Waals surface area contributed by atoms with Gasteiger partial charge >= 0.3 is 0 Å². The smallest absolute Gasteiger partial charge is 0.289 e. The van der Waals surface area contributed by atoms with E-state index in [0.29, 0.717) is 25.3 Å². The van der Waals surface area contributed by atoms with Crippen LogP contribution >= 0.6 is 0 Å². The summed E-state index contributed by atoms with van der Waals surface area (Å²) in [5.41, 5.74) is 2.12. The van der Waals surface area contributed by atoms with E-state index in [1.54, 1.807) is 4.90 Å². The zero-order valence-electron chi connectivity index (χ0n) is 24.1. The third-order valence-corrected chi connectivity index (χ3v) is 9.26. The molecule has 2 saturated carbocycles. The van der Waals surface area contributed by atoms with E-state index < -0.39 is 35.6 Å². The number of hydrogen-bond acceptors (Lipinski definition) is 6. The fourth-order valence-corrected chi connectivity index (χ4v) is 6.79. The number of nitrogens with one attached hydrogen (secondary N) is 3. The predicted molar refractivity (Wildman–Crippen MR) is 158 cm³/mol. The van der Waals surface area contributed by atoms with Crippen LogP contribution in [0, 0.1) is 17.8 Å². The van der Waals surface area contributed by atoms with Gasteiger partial charge in [0, 0.05) is 25.0 Å². The molecule has 0 aromatic heterocycles. The molecule has 4 aliphatic rings. The molecular weight excluding hydrogens is 548 g/mol. The van der Waals surface area contributed by atoms with Crippen molar-refractivity contribution >= 4 is 29.4 Å². The highest BCUT2D eigenvalue weighted by atomic mass is 16.5. The number of Topliss-reactive ketones (excluding diaryl/α,β-unsaturated/α-hetero) is 1. The summed E-state index contributed by atoms with van der Waals surface area (Å²) >= 11 is 0. The summed E-state index contributed by atoms with van der Waals surface area (Å²) in [4.78, 5) is 67.1. The van der Waals surface area contributed by atoms with Crippen LogP contribution in [-0.4, -0.2) is 72.1 Å². The molecule has 3 N–H and O–H groups in total. The summed E-state index contributed by atoms with van der Waals surface area (Å²) in [6, 6.07) is 15.6. The zero-order chi connectivity index (χ0) is 29.9. The van der Waals surface area contributed by atoms with Gasteiger partial charge in [0.25, 0.3) is 11.8 Å². The minimum absolute atomic E-state index is 0.0145. The van der Waals surface area contributed by atoms with E-state index in [-0.39, 0.29) is 42.7 Å². The van der Waals surface area contributed by atoms with Crippen molar-refractivity contribution in [3.05, 3.63) is 54.6 Å². The summed E-state index contributed by atoms with van der Waals surface area (Å²) < 4.78 is 5.84. The normalized spacial score (nSPS) is 25.0. The molecule has 2 aromatic rings. The highest BCUT2D eigenvalue weighted by Gasteiger charge is 2.50. The second-order valence-electron chi connectivity index (χ2n) is 12.2. The molecule has 10 heteroatoms. The Bertz CT molecular complexity index is 1380. The van der Waals surface area contributed by atoms with Crippen LogP contribution in [0.15, 0.2) is 54.6 Å². The molecule has 0 unspecified atom stereocenters. The second-order valence-corrected chi connectivity index (χ2v) is 12.2. The van der Waals surface area contributed by atoms with E-state index in [1.165, 1.54) is 0 Å². The number of hydrogen-bond donors (Lipinski definition) is 3. The van der Waals surface area contributed by atoms with Crippen LogP contribution < -0.4 is 20.7 Å². The molecule has 2 aromatic carbocycles. The Morgan fingerprint density at radius 3 is 2.37 bits per heavy atom. The molecule has 4 amide bonds. The molecule has 2 aliphatic heterocycles. The van der Waals surface area contributed by atoms with Crippen LogP contribution in [0.5, 0.6) is 5.75 Å². The van der Waals surface area contributed by atoms with Crippen molar-refractivity contribution in [2.45, 2.75) is 63.1 Å². The molecule has 2 heterocycles. The van der Waals surface area contributed by atoms with Gasteiger partial charge in [-0.1, -0.05) is 48.9 Å². The number of carbonyl (C=O) groups is 5. The van der Waals surface area contributed by atoms with Gasteiger partial charge in [-0.3, -0.25) is 24.0 Å². The monoisotopic (exact) mass is 586 g/mol. The minimum Gasteiger partial charge on any atom is -0.484 e. The summed E-state index contributed by atoms with van der Waals surface area (Å²) in [6.07, 6.45) is 4.93. The van der Waals surface area contributed by atoms with Crippen molar-refractivity contribution in [3.63, 3.8) is 0 Å². The lowest BCUT2D eigenvalue weighted by atomic mass is 9.91. The van der Waals surface area contributed by atoms with Crippen molar-refractivity contribution in [2.24, 2.45) is 17.8 Å². The van der Waals surface area contributed by atoms with E-state index in [1.807, 2.05) is 54.6 Å². The first-order valence-electron chi connectivity index (χ1n) is 15.4. The number of benzene rings is 2. The molecule has 226 valence electrons. The quantitative estimate of drug-likeness (QED) is 0.346. The average molecular weight is 587 g/mol. The third kappa shape index (κ3) is 6.58. The predicted octanol–water partition coefficient (Wildman–Crippen LogP) is 2.22. The van der Waals surface area contributed by atoms with Gasteiger partial charge < -0.3 is 25.6 Å². The molecule has 0 spiro atoms. The standard InChI is InChI=1S/C33H38N4O6/c38-28(19-43-25-13-9-21(10-14-25)20-5-2-1-3-6-20)37-18-23-7-4-8-26(23)29(37)32(41)36-27(17-22-15-16-34-31(22)40)30(39)33(42)35-24-11-12-24/h1-3,5-6,9-10,13-14,22-24,26-27,29H,4,7-8,11-12,15-19H2,(H,34,40)(H,35,42)(H,36,41)/t22-,23-,26-,27-,29-/m0/s1. The maximum atomic E-state index is 13.8. The Kier molecular flexibility index (Phi) is 8.44. The molecule has 43 heavy (non-hydrogen) atoms. The van der Waals surface area contributed by atoms with Crippen LogP contribution in [0.4, 0.5) is 0 Å². The van der Waals surface area contributed by atoms with Gasteiger partial charge in [-0.25, -0.2) is 0 Å². The van der Waals surface area contributed by atoms with Crippen molar-refractivity contribution in [1.29, 1.82) is 0 Å². The molecule has 2 saturated heterocycles. The Morgan fingerprint density at radius 2 is 1.67 bits per heavy atom. The lowest BCUT2D eigenvalue weighted by Gasteiger charge is -2.29. The summed E-state index contributed by atoms with van der Waals surface area (Å²) in [5, 5.41) is 8.26. The minimum atomic E-state index is -1.14.